The van der Waals surface area contributed by atoms with Crippen molar-refractivity contribution in [2.75, 3.05) is 11.9 Å². The minimum atomic E-state index is -0.221. The highest BCUT2D eigenvalue weighted by molar-refractivity contribution is 7.09. The molecule has 0 radical (unpaired) electrons. The van der Waals surface area contributed by atoms with Gasteiger partial charge in [0.1, 0.15) is 11.6 Å². The van der Waals surface area contributed by atoms with E-state index in [1.165, 1.54) is 23.7 Å². The molecule has 0 aliphatic rings. The molecule has 0 saturated heterocycles. The molecule has 1 aromatic carbocycles. The first-order valence-electron chi connectivity index (χ1n) is 5.94. The Morgan fingerprint density at radius 1 is 1.39 bits per heavy atom. The highest BCUT2D eigenvalue weighted by Gasteiger charge is 2.06. The molecule has 3 nitrogen and oxygen atoms in total. The molecule has 2 rings (SSSR count). The molecule has 1 aromatic heterocycles. The molecule has 0 fully saturated rings. The van der Waals surface area contributed by atoms with Crippen LogP contribution in [-0.4, -0.2) is 15.9 Å². The lowest BCUT2D eigenvalue weighted by molar-refractivity contribution is 0.626. The molecule has 0 aliphatic heterocycles. The van der Waals surface area contributed by atoms with Crippen molar-refractivity contribution in [3.05, 3.63) is 41.5 Å². The third-order valence-electron chi connectivity index (χ3n) is 2.38. The first-order valence-corrected chi connectivity index (χ1v) is 6.71. The van der Waals surface area contributed by atoms with Crippen molar-refractivity contribution in [3.8, 4) is 0 Å². The van der Waals surface area contributed by atoms with Gasteiger partial charge in [-0.2, -0.15) is 4.37 Å². The van der Waals surface area contributed by atoms with Gasteiger partial charge in [0, 0.05) is 24.5 Å². The fourth-order valence-corrected chi connectivity index (χ4v) is 2.11. The number of hydrogen-bond donors (Lipinski definition) is 1. The van der Waals surface area contributed by atoms with Crippen LogP contribution in [0.25, 0.3) is 0 Å². The minimum absolute atomic E-state index is 0.221. The van der Waals surface area contributed by atoms with Crippen LogP contribution in [0.5, 0.6) is 0 Å². The van der Waals surface area contributed by atoms with E-state index < -0.39 is 0 Å². The monoisotopic (exact) mass is 265 g/mol. The lowest BCUT2D eigenvalue weighted by atomic mass is 10.1. The zero-order chi connectivity index (χ0) is 13.0. The number of nitrogens with zero attached hydrogens (tertiary/aromatic N) is 2. The van der Waals surface area contributed by atoms with Gasteiger partial charge in [-0.05, 0) is 23.6 Å². The molecule has 0 amide bonds. The van der Waals surface area contributed by atoms with E-state index in [0.29, 0.717) is 12.3 Å². The van der Waals surface area contributed by atoms with Gasteiger partial charge in [-0.15, -0.1) is 0 Å². The zero-order valence-electron chi connectivity index (χ0n) is 10.5. The van der Waals surface area contributed by atoms with Gasteiger partial charge in [-0.3, -0.25) is 0 Å². The molecule has 0 spiro atoms. The summed E-state index contributed by atoms with van der Waals surface area (Å²) >= 11 is 1.35. The van der Waals surface area contributed by atoms with Crippen molar-refractivity contribution < 1.29 is 4.39 Å². The Morgan fingerprint density at radius 2 is 2.22 bits per heavy atom. The SMILES string of the molecule is CC(C)CNc1nc(Cc2cccc(F)c2)ns1. The summed E-state index contributed by atoms with van der Waals surface area (Å²) in [5.41, 5.74) is 0.892. The van der Waals surface area contributed by atoms with Crippen LogP contribution in [-0.2, 0) is 6.42 Å². The maximum atomic E-state index is 13.0. The standard InChI is InChI=1S/C13H16FN3S/c1-9(2)8-15-13-16-12(17-18-13)7-10-4-3-5-11(14)6-10/h3-6,9H,7-8H2,1-2H3,(H,15,16,17). The van der Waals surface area contributed by atoms with E-state index in [0.717, 1.165) is 23.1 Å². The summed E-state index contributed by atoms with van der Waals surface area (Å²) in [6, 6.07) is 6.54. The first-order chi connectivity index (χ1) is 8.63. The summed E-state index contributed by atoms with van der Waals surface area (Å²) in [7, 11) is 0. The molecule has 96 valence electrons. The summed E-state index contributed by atoms with van der Waals surface area (Å²) in [5, 5.41) is 4.06. The van der Waals surface area contributed by atoms with Crippen molar-refractivity contribution in [2.24, 2.45) is 5.92 Å². The predicted molar refractivity (Wildman–Crippen MR) is 72.4 cm³/mol. The Morgan fingerprint density at radius 3 is 2.94 bits per heavy atom. The largest absolute Gasteiger partial charge is 0.360 e. The van der Waals surface area contributed by atoms with Gasteiger partial charge in [0.25, 0.3) is 0 Å². The fraction of sp³-hybridized carbons (Fsp3) is 0.385. The van der Waals surface area contributed by atoms with Gasteiger partial charge >= 0.3 is 0 Å². The third-order valence-corrected chi connectivity index (χ3v) is 3.09. The molecule has 0 unspecified atom stereocenters. The summed E-state index contributed by atoms with van der Waals surface area (Å²) in [6.45, 7) is 5.16. The van der Waals surface area contributed by atoms with E-state index >= 15 is 0 Å². The molecule has 2 aromatic rings. The van der Waals surface area contributed by atoms with Crippen LogP contribution in [0, 0.1) is 11.7 Å². The Kier molecular flexibility index (Phi) is 4.25. The number of benzene rings is 1. The Balaban J connectivity index is 1.98. The quantitative estimate of drug-likeness (QED) is 0.901. The average Bonchev–Trinajstić information content (AvgIpc) is 2.74. The number of anilines is 1. The first kappa shape index (κ1) is 13.0. The van der Waals surface area contributed by atoms with Gasteiger partial charge in [0.05, 0.1) is 0 Å². The van der Waals surface area contributed by atoms with E-state index in [-0.39, 0.29) is 5.82 Å². The van der Waals surface area contributed by atoms with Crippen LogP contribution < -0.4 is 5.32 Å². The van der Waals surface area contributed by atoms with Gasteiger partial charge in [0.15, 0.2) is 0 Å². The molecule has 5 heteroatoms. The Hall–Kier alpha value is -1.49. The molecule has 0 bridgehead atoms. The van der Waals surface area contributed by atoms with Crippen LogP contribution in [0.1, 0.15) is 25.2 Å². The van der Waals surface area contributed by atoms with Crippen molar-refractivity contribution in [2.45, 2.75) is 20.3 Å². The molecule has 0 aliphatic carbocycles. The van der Waals surface area contributed by atoms with E-state index in [2.05, 4.69) is 28.5 Å². The molecular formula is C13H16FN3S. The van der Waals surface area contributed by atoms with Gasteiger partial charge in [0.2, 0.25) is 5.13 Å². The smallest absolute Gasteiger partial charge is 0.202 e. The third kappa shape index (κ3) is 3.77. The number of rotatable bonds is 5. The summed E-state index contributed by atoms with van der Waals surface area (Å²) in [5.74, 6) is 1.08. The second-order valence-electron chi connectivity index (χ2n) is 4.60. The fourth-order valence-electron chi connectivity index (χ4n) is 1.52. The van der Waals surface area contributed by atoms with Crippen molar-refractivity contribution >= 4 is 16.7 Å². The topological polar surface area (TPSA) is 37.8 Å². The molecule has 0 atom stereocenters. The Labute approximate surface area is 110 Å². The Bertz CT molecular complexity index is 510. The number of halogens is 1. The lowest BCUT2D eigenvalue weighted by Gasteiger charge is -2.03. The van der Waals surface area contributed by atoms with Crippen LogP contribution in [0.15, 0.2) is 24.3 Å². The number of aromatic nitrogens is 2. The average molecular weight is 265 g/mol. The maximum absolute atomic E-state index is 13.0. The van der Waals surface area contributed by atoms with E-state index in [1.54, 1.807) is 6.07 Å². The highest BCUT2D eigenvalue weighted by atomic mass is 32.1. The zero-order valence-corrected chi connectivity index (χ0v) is 11.3. The normalized spacial score (nSPS) is 10.9. The van der Waals surface area contributed by atoms with Crippen LogP contribution in [0.2, 0.25) is 0 Å². The van der Waals surface area contributed by atoms with Gasteiger partial charge < -0.3 is 5.32 Å². The second kappa shape index (κ2) is 5.91. The molecule has 18 heavy (non-hydrogen) atoms. The van der Waals surface area contributed by atoms with Crippen molar-refractivity contribution in [1.82, 2.24) is 9.36 Å². The minimum Gasteiger partial charge on any atom is -0.360 e. The van der Waals surface area contributed by atoms with Crippen LogP contribution >= 0.6 is 11.5 Å². The highest BCUT2D eigenvalue weighted by Crippen LogP contribution is 2.15. The summed E-state index contributed by atoms with van der Waals surface area (Å²) in [6.07, 6.45) is 0.567. The number of nitrogens with one attached hydrogen (secondary N) is 1. The van der Waals surface area contributed by atoms with Gasteiger partial charge in [-0.1, -0.05) is 26.0 Å². The second-order valence-corrected chi connectivity index (χ2v) is 5.35. The summed E-state index contributed by atoms with van der Waals surface area (Å²) in [4.78, 5) is 4.38. The molecule has 1 heterocycles. The molecule has 1 N–H and O–H groups in total. The lowest BCUT2D eigenvalue weighted by Crippen LogP contribution is -2.07. The number of hydrogen-bond acceptors (Lipinski definition) is 4. The predicted octanol–water partition coefficient (Wildman–Crippen LogP) is 3.34. The van der Waals surface area contributed by atoms with E-state index in [4.69, 9.17) is 0 Å². The van der Waals surface area contributed by atoms with Crippen molar-refractivity contribution in [3.63, 3.8) is 0 Å². The van der Waals surface area contributed by atoms with Gasteiger partial charge in [-0.25, -0.2) is 9.37 Å². The van der Waals surface area contributed by atoms with E-state index in [1.807, 2.05) is 6.07 Å². The molecule has 0 saturated carbocycles. The van der Waals surface area contributed by atoms with E-state index in [9.17, 15) is 4.39 Å². The maximum Gasteiger partial charge on any atom is 0.202 e. The van der Waals surface area contributed by atoms with Crippen LogP contribution in [0.4, 0.5) is 9.52 Å². The van der Waals surface area contributed by atoms with Crippen molar-refractivity contribution in [1.29, 1.82) is 0 Å². The molecular weight excluding hydrogens is 249 g/mol. The van der Waals surface area contributed by atoms with Crippen LogP contribution in [0.3, 0.4) is 0 Å². The summed E-state index contributed by atoms with van der Waals surface area (Å²) < 4.78 is 17.3.